The lowest BCUT2D eigenvalue weighted by molar-refractivity contribution is 0.287. The van der Waals surface area contributed by atoms with Crippen LogP contribution in [0, 0.1) is 13.8 Å². The van der Waals surface area contributed by atoms with Gasteiger partial charge in [0, 0.05) is 11.8 Å². The number of nitrogens with one attached hydrogen (secondary N) is 2. The van der Waals surface area contributed by atoms with Crippen molar-refractivity contribution in [1.82, 2.24) is 5.32 Å². The molecule has 0 fully saturated rings. The van der Waals surface area contributed by atoms with Crippen molar-refractivity contribution in [2.75, 3.05) is 18.5 Å². The lowest BCUT2D eigenvalue weighted by Gasteiger charge is -2.18. The van der Waals surface area contributed by atoms with Crippen molar-refractivity contribution in [2.24, 2.45) is 0 Å². The van der Waals surface area contributed by atoms with E-state index in [1.807, 2.05) is 43.3 Å². The summed E-state index contributed by atoms with van der Waals surface area (Å²) in [5.41, 5.74) is 3.35. The fourth-order valence-corrected chi connectivity index (χ4v) is 2.60. The summed E-state index contributed by atoms with van der Waals surface area (Å²) in [7, 11) is 0. The third-order valence-corrected chi connectivity index (χ3v) is 4.04. The van der Waals surface area contributed by atoms with Crippen molar-refractivity contribution in [1.29, 1.82) is 0 Å². The Bertz CT molecular complexity index is 761. The first kappa shape index (κ1) is 19.8. The number of thiocarbonyl (C=S) groups is 1. The average molecular weight is 371 g/mol. The van der Waals surface area contributed by atoms with Gasteiger partial charge in [0.1, 0.15) is 24.7 Å². The molecule has 0 aliphatic carbocycles. The van der Waals surface area contributed by atoms with Crippen molar-refractivity contribution in [3.8, 4) is 11.5 Å². The summed E-state index contributed by atoms with van der Waals surface area (Å²) in [4.78, 5) is 0. The molecule has 2 aromatic rings. The van der Waals surface area contributed by atoms with Gasteiger partial charge in [0.25, 0.3) is 0 Å². The second-order valence-electron chi connectivity index (χ2n) is 6.18. The van der Waals surface area contributed by atoms with E-state index in [0.29, 0.717) is 18.3 Å². The second-order valence-corrected chi connectivity index (χ2v) is 6.59. The summed E-state index contributed by atoms with van der Waals surface area (Å²) in [6, 6.07) is 13.8. The van der Waals surface area contributed by atoms with Gasteiger partial charge < -0.3 is 20.1 Å². The third kappa shape index (κ3) is 6.41. The summed E-state index contributed by atoms with van der Waals surface area (Å²) >= 11 is 5.38. The maximum Gasteiger partial charge on any atom is 0.171 e. The first-order valence-electron chi connectivity index (χ1n) is 8.59. The monoisotopic (exact) mass is 370 g/mol. The molecule has 0 saturated carbocycles. The molecule has 0 aliphatic rings. The number of aryl methyl sites for hydroxylation is 2. The van der Waals surface area contributed by atoms with E-state index in [4.69, 9.17) is 21.7 Å². The lowest BCUT2D eigenvalue weighted by atomic mass is 10.1. The van der Waals surface area contributed by atoms with Gasteiger partial charge >= 0.3 is 0 Å². The zero-order valence-corrected chi connectivity index (χ0v) is 16.4. The molecule has 5 heteroatoms. The highest BCUT2D eigenvalue weighted by Gasteiger charge is 2.07. The Labute approximate surface area is 161 Å². The molecular formula is C21H26N2O2S. The van der Waals surface area contributed by atoms with Crippen LogP contribution in [-0.2, 0) is 0 Å². The highest BCUT2D eigenvalue weighted by Crippen LogP contribution is 2.18. The molecule has 2 rings (SSSR count). The van der Waals surface area contributed by atoms with Crippen molar-refractivity contribution < 1.29 is 9.47 Å². The van der Waals surface area contributed by atoms with Crippen molar-refractivity contribution in [3.05, 3.63) is 66.2 Å². The Morgan fingerprint density at radius 3 is 2.62 bits per heavy atom. The highest BCUT2D eigenvalue weighted by atomic mass is 32.1. The predicted octanol–water partition coefficient (Wildman–Crippen LogP) is 4.62. The van der Waals surface area contributed by atoms with Crippen LogP contribution in [0.5, 0.6) is 11.5 Å². The van der Waals surface area contributed by atoms with Crippen LogP contribution in [-0.4, -0.2) is 24.4 Å². The smallest absolute Gasteiger partial charge is 0.171 e. The number of anilines is 1. The zero-order valence-electron chi connectivity index (χ0n) is 15.5. The molecule has 2 N–H and O–H groups in total. The minimum atomic E-state index is 0.0665. The molecule has 1 atom stereocenters. The van der Waals surface area contributed by atoms with Crippen molar-refractivity contribution in [2.45, 2.75) is 26.8 Å². The first-order valence-corrected chi connectivity index (χ1v) is 9.00. The maximum absolute atomic E-state index is 5.84. The van der Waals surface area contributed by atoms with Gasteiger partial charge in [0.15, 0.2) is 5.11 Å². The van der Waals surface area contributed by atoms with Crippen LogP contribution in [0.15, 0.2) is 55.1 Å². The standard InChI is InChI=1S/C21H26N2O2S/c1-5-11-24-19-8-6-7-18(13-19)23-21(26)22-17(4)14-25-20-10-9-15(2)16(3)12-20/h5-10,12-13,17H,1,11,14H2,2-4H3,(H2,22,23,26)/t17-/m0/s1. The fraction of sp³-hybridized carbons (Fsp3) is 0.286. The Hall–Kier alpha value is -2.53. The van der Waals surface area contributed by atoms with E-state index < -0.39 is 0 Å². The molecule has 0 radical (unpaired) electrons. The molecule has 2 aromatic carbocycles. The van der Waals surface area contributed by atoms with Crippen LogP contribution in [0.3, 0.4) is 0 Å². The van der Waals surface area contributed by atoms with E-state index >= 15 is 0 Å². The van der Waals surface area contributed by atoms with Gasteiger partial charge in [0.2, 0.25) is 0 Å². The van der Waals surface area contributed by atoms with E-state index in [1.165, 1.54) is 11.1 Å². The number of ether oxygens (including phenoxy) is 2. The molecule has 0 bridgehead atoms. The molecule has 0 aromatic heterocycles. The molecule has 0 amide bonds. The summed E-state index contributed by atoms with van der Waals surface area (Å²) in [6.45, 7) is 10.8. The van der Waals surface area contributed by atoms with E-state index in [0.717, 1.165) is 17.2 Å². The largest absolute Gasteiger partial charge is 0.491 e. The summed E-state index contributed by atoms with van der Waals surface area (Å²) in [6.07, 6.45) is 1.71. The zero-order chi connectivity index (χ0) is 18.9. The topological polar surface area (TPSA) is 42.5 Å². The van der Waals surface area contributed by atoms with E-state index in [9.17, 15) is 0 Å². The minimum absolute atomic E-state index is 0.0665. The molecule has 0 heterocycles. The molecule has 4 nitrogen and oxygen atoms in total. The quantitative estimate of drug-likeness (QED) is 0.524. The number of hydrogen-bond donors (Lipinski definition) is 2. The third-order valence-electron chi connectivity index (χ3n) is 3.82. The van der Waals surface area contributed by atoms with Crippen LogP contribution in [0.25, 0.3) is 0 Å². The first-order chi connectivity index (χ1) is 12.5. The SMILES string of the molecule is C=CCOc1cccc(NC(=S)N[C@@H](C)COc2ccc(C)c(C)c2)c1. The molecule has 0 aliphatic heterocycles. The normalized spacial score (nSPS) is 11.3. The van der Waals surface area contributed by atoms with Crippen LogP contribution >= 0.6 is 12.2 Å². The van der Waals surface area contributed by atoms with Gasteiger partial charge in [-0.25, -0.2) is 0 Å². The Morgan fingerprint density at radius 2 is 1.88 bits per heavy atom. The second kappa shape index (κ2) is 9.82. The van der Waals surface area contributed by atoms with E-state index in [1.54, 1.807) is 6.08 Å². The average Bonchev–Trinajstić information content (AvgIpc) is 2.61. The highest BCUT2D eigenvalue weighted by molar-refractivity contribution is 7.80. The molecule has 0 spiro atoms. The number of rotatable bonds is 8. The molecule has 138 valence electrons. The van der Waals surface area contributed by atoms with Crippen LogP contribution in [0.1, 0.15) is 18.1 Å². The molecule has 0 saturated heterocycles. The number of benzene rings is 2. The predicted molar refractivity (Wildman–Crippen MR) is 112 cm³/mol. The van der Waals surface area contributed by atoms with Crippen LogP contribution in [0.2, 0.25) is 0 Å². The van der Waals surface area contributed by atoms with E-state index in [2.05, 4.69) is 37.1 Å². The van der Waals surface area contributed by atoms with E-state index in [-0.39, 0.29) is 6.04 Å². The lowest BCUT2D eigenvalue weighted by Crippen LogP contribution is -2.39. The van der Waals surface area contributed by atoms with Gasteiger partial charge in [-0.15, -0.1) is 0 Å². The summed E-state index contributed by atoms with van der Waals surface area (Å²) < 4.78 is 11.4. The van der Waals surface area contributed by atoms with Crippen LogP contribution < -0.4 is 20.1 Å². The maximum atomic E-state index is 5.84. The number of hydrogen-bond acceptors (Lipinski definition) is 3. The molecule has 0 unspecified atom stereocenters. The summed E-state index contributed by atoms with van der Waals surface area (Å²) in [5.74, 6) is 1.64. The Balaban J connectivity index is 1.81. The summed E-state index contributed by atoms with van der Waals surface area (Å²) in [5, 5.41) is 6.93. The minimum Gasteiger partial charge on any atom is -0.491 e. The molecular weight excluding hydrogens is 344 g/mol. The Morgan fingerprint density at radius 1 is 1.12 bits per heavy atom. The van der Waals surface area contributed by atoms with Crippen molar-refractivity contribution in [3.63, 3.8) is 0 Å². The van der Waals surface area contributed by atoms with Crippen LogP contribution in [0.4, 0.5) is 5.69 Å². The van der Waals surface area contributed by atoms with Gasteiger partial charge in [-0.3, -0.25) is 0 Å². The van der Waals surface area contributed by atoms with Gasteiger partial charge in [-0.05, 0) is 68.4 Å². The van der Waals surface area contributed by atoms with Gasteiger partial charge in [0.05, 0.1) is 6.04 Å². The van der Waals surface area contributed by atoms with Crippen molar-refractivity contribution >= 4 is 23.0 Å². The van der Waals surface area contributed by atoms with Gasteiger partial charge in [-0.2, -0.15) is 0 Å². The molecule has 26 heavy (non-hydrogen) atoms. The van der Waals surface area contributed by atoms with Gasteiger partial charge in [-0.1, -0.05) is 24.8 Å². The fourth-order valence-electron chi connectivity index (χ4n) is 2.28. The Kier molecular flexibility index (Phi) is 7.48.